The first-order valence-electron chi connectivity index (χ1n) is 2.38. The minimum absolute atomic E-state index is 0.193. The number of hydrogen-bond acceptors (Lipinski definition) is 1. The Bertz CT molecular complexity index is 158. The molecule has 0 spiro atoms. The van der Waals surface area contributed by atoms with Crippen LogP contribution in [0.1, 0.15) is 6.92 Å². The highest BCUT2D eigenvalue weighted by atomic mass is 35.5. The molecule has 0 fully saturated rings. The van der Waals surface area contributed by atoms with Crippen LogP contribution in [0.4, 0.5) is 0 Å². The summed E-state index contributed by atoms with van der Waals surface area (Å²) in [5.74, 6) is 0. The van der Waals surface area contributed by atoms with Crippen LogP contribution in [0.15, 0.2) is 28.9 Å². The maximum atomic E-state index is 5.49. The monoisotopic (exact) mass is 163 g/mol. The van der Waals surface area contributed by atoms with E-state index in [9.17, 15) is 0 Å². The Balaban J connectivity index is 4.00. The molecule has 0 aliphatic carbocycles. The van der Waals surface area contributed by atoms with Crippen LogP contribution in [0, 0.1) is 0 Å². The van der Waals surface area contributed by atoms with E-state index in [2.05, 4.69) is 11.6 Å². The average molecular weight is 164 g/mol. The molecule has 3 heteroatoms. The molecule has 0 aromatic rings. The van der Waals surface area contributed by atoms with Crippen LogP contribution in [0.5, 0.6) is 0 Å². The molecule has 0 aromatic carbocycles. The maximum Gasteiger partial charge on any atom is 0.130 e. The lowest BCUT2D eigenvalue weighted by molar-refractivity contribution is 1.55. The van der Waals surface area contributed by atoms with Crippen molar-refractivity contribution in [3.8, 4) is 0 Å². The van der Waals surface area contributed by atoms with Crippen molar-refractivity contribution in [3.05, 3.63) is 23.9 Å². The van der Waals surface area contributed by atoms with Gasteiger partial charge in [0, 0.05) is 0 Å². The first-order chi connectivity index (χ1) is 4.16. The Labute approximate surface area is 64.7 Å². The van der Waals surface area contributed by atoms with Gasteiger partial charge in [0.2, 0.25) is 0 Å². The van der Waals surface area contributed by atoms with Crippen molar-refractivity contribution in [1.29, 1.82) is 0 Å². The highest BCUT2D eigenvalue weighted by molar-refractivity contribution is 6.68. The van der Waals surface area contributed by atoms with Gasteiger partial charge >= 0.3 is 0 Å². The van der Waals surface area contributed by atoms with Crippen molar-refractivity contribution >= 4 is 28.4 Å². The van der Waals surface area contributed by atoms with Gasteiger partial charge in [-0.2, -0.15) is 0 Å². The lowest BCUT2D eigenvalue weighted by atomic mass is 10.6. The van der Waals surface area contributed by atoms with E-state index in [0.29, 0.717) is 5.17 Å². The maximum absolute atomic E-state index is 5.49. The summed E-state index contributed by atoms with van der Waals surface area (Å²) >= 11 is 10.8. The predicted molar refractivity (Wildman–Crippen MR) is 43.1 cm³/mol. The van der Waals surface area contributed by atoms with Gasteiger partial charge < -0.3 is 0 Å². The lowest BCUT2D eigenvalue weighted by Gasteiger charge is -1.84. The molecule has 0 N–H and O–H groups in total. The van der Waals surface area contributed by atoms with E-state index in [1.165, 1.54) is 0 Å². The van der Waals surface area contributed by atoms with Crippen LogP contribution in [-0.2, 0) is 0 Å². The molecule has 0 aromatic heterocycles. The lowest BCUT2D eigenvalue weighted by Crippen LogP contribution is -1.76. The van der Waals surface area contributed by atoms with Crippen molar-refractivity contribution in [2.45, 2.75) is 6.92 Å². The Hall–Kier alpha value is -0.270. The normalized spacial score (nSPS) is 12.6. The highest BCUT2D eigenvalue weighted by Crippen LogP contribution is 2.01. The molecule has 0 unspecified atom stereocenters. The van der Waals surface area contributed by atoms with Crippen molar-refractivity contribution in [1.82, 2.24) is 0 Å². The summed E-state index contributed by atoms with van der Waals surface area (Å²) in [7, 11) is 0. The first-order valence-corrected chi connectivity index (χ1v) is 3.13. The molecule has 0 bridgehead atoms. The van der Waals surface area contributed by atoms with Gasteiger partial charge in [-0.15, -0.1) is 0 Å². The van der Waals surface area contributed by atoms with Gasteiger partial charge in [-0.25, -0.2) is 4.99 Å². The molecule has 0 radical (unpaired) electrons. The number of hydrogen-bond donors (Lipinski definition) is 0. The van der Waals surface area contributed by atoms with Crippen LogP contribution in [0.2, 0.25) is 0 Å². The molecule has 0 rings (SSSR count). The molecule has 1 nitrogen and oxygen atoms in total. The van der Waals surface area contributed by atoms with Crippen LogP contribution in [0.25, 0.3) is 0 Å². The van der Waals surface area contributed by atoms with E-state index in [1.54, 1.807) is 12.2 Å². The molecular formula is C6H7Cl2N. The first kappa shape index (κ1) is 8.73. The van der Waals surface area contributed by atoms with Crippen LogP contribution >= 0.6 is 23.2 Å². The number of halogens is 2. The molecule has 0 amide bonds. The van der Waals surface area contributed by atoms with Gasteiger partial charge in [0.1, 0.15) is 10.3 Å². The predicted octanol–water partition coefficient (Wildman–Crippen LogP) is 2.91. The van der Waals surface area contributed by atoms with Crippen molar-refractivity contribution in [2.75, 3.05) is 0 Å². The Morgan fingerprint density at radius 3 is 2.44 bits per heavy atom. The van der Waals surface area contributed by atoms with Gasteiger partial charge in [0.25, 0.3) is 0 Å². The summed E-state index contributed by atoms with van der Waals surface area (Å²) in [6, 6.07) is 0. The molecule has 9 heavy (non-hydrogen) atoms. The molecule has 0 aliphatic heterocycles. The summed E-state index contributed by atoms with van der Waals surface area (Å²) in [6.45, 7) is 5.18. The Kier molecular flexibility index (Phi) is 4.46. The van der Waals surface area contributed by atoms with Crippen molar-refractivity contribution in [2.24, 2.45) is 4.99 Å². The fraction of sp³-hybridized carbons (Fsp3) is 0.167. The number of aliphatic imine (C=N–C) groups is 1. The second-order valence-electron chi connectivity index (χ2n) is 1.31. The Morgan fingerprint density at radius 2 is 2.11 bits per heavy atom. The van der Waals surface area contributed by atoms with E-state index >= 15 is 0 Å². The SMILES string of the molecule is C=C(Cl)/N=C(Cl)\C=C/C. The molecule has 0 saturated carbocycles. The van der Waals surface area contributed by atoms with Crippen molar-refractivity contribution < 1.29 is 0 Å². The summed E-state index contributed by atoms with van der Waals surface area (Å²) in [5, 5.41) is 0.538. The highest BCUT2D eigenvalue weighted by Gasteiger charge is 1.84. The summed E-state index contributed by atoms with van der Waals surface area (Å²) < 4.78 is 0. The van der Waals surface area contributed by atoms with Crippen molar-refractivity contribution in [3.63, 3.8) is 0 Å². The third-order valence-electron chi connectivity index (χ3n) is 0.532. The minimum Gasteiger partial charge on any atom is -0.225 e. The molecule has 50 valence electrons. The smallest absolute Gasteiger partial charge is 0.130 e. The molecule has 0 saturated heterocycles. The van der Waals surface area contributed by atoms with Gasteiger partial charge in [-0.1, -0.05) is 35.9 Å². The van der Waals surface area contributed by atoms with E-state index in [-0.39, 0.29) is 5.16 Å². The van der Waals surface area contributed by atoms with Crippen LogP contribution in [0.3, 0.4) is 0 Å². The standard InChI is InChI=1S/C6H7Cl2N/c1-3-4-6(8)9-5(2)7/h3-4H,2H2,1H3/b4-3-,9-6+. The van der Waals surface area contributed by atoms with Gasteiger partial charge in [-0.3, -0.25) is 0 Å². The van der Waals surface area contributed by atoms with Gasteiger partial charge in [0.05, 0.1) is 0 Å². The van der Waals surface area contributed by atoms with Gasteiger partial charge in [0.15, 0.2) is 0 Å². The second kappa shape index (κ2) is 4.59. The summed E-state index contributed by atoms with van der Waals surface area (Å²) in [6.07, 6.45) is 3.40. The topological polar surface area (TPSA) is 12.4 Å². The zero-order chi connectivity index (χ0) is 7.28. The number of rotatable bonds is 2. The quantitative estimate of drug-likeness (QED) is 0.439. The summed E-state index contributed by atoms with van der Waals surface area (Å²) in [4.78, 5) is 3.63. The molecule has 0 atom stereocenters. The summed E-state index contributed by atoms with van der Waals surface area (Å²) in [5.41, 5.74) is 0. The fourth-order valence-corrected chi connectivity index (χ4v) is 0.653. The Morgan fingerprint density at radius 1 is 1.56 bits per heavy atom. The second-order valence-corrected chi connectivity index (χ2v) is 2.13. The van der Waals surface area contributed by atoms with Gasteiger partial charge in [-0.05, 0) is 13.0 Å². The largest absolute Gasteiger partial charge is 0.225 e. The fourth-order valence-electron chi connectivity index (χ4n) is 0.291. The number of allylic oxidation sites excluding steroid dienone is 2. The minimum atomic E-state index is 0.193. The molecular weight excluding hydrogens is 157 g/mol. The third kappa shape index (κ3) is 5.60. The van der Waals surface area contributed by atoms with E-state index in [0.717, 1.165) is 0 Å². The van der Waals surface area contributed by atoms with E-state index in [4.69, 9.17) is 23.2 Å². The molecule has 0 heterocycles. The van der Waals surface area contributed by atoms with Crippen LogP contribution < -0.4 is 0 Å². The zero-order valence-electron chi connectivity index (χ0n) is 5.06. The van der Waals surface area contributed by atoms with E-state index in [1.807, 2.05) is 6.92 Å². The molecule has 0 aliphatic rings. The third-order valence-corrected chi connectivity index (χ3v) is 0.827. The van der Waals surface area contributed by atoms with E-state index < -0.39 is 0 Å². The average Bonchev–Trinajstić information content (AvgIpc) is 1.63. The zero-order valence-corrected chi connectivity index (χ0v) is 6.58. The van der Waals surface area contributed by atoms with Crippen LogP contribution in [-0.4, -0.2) is 5.17 Å². The number of nitrogens with zero attached hydrogens (tertiary/aromatic N) is 1.